The zero-order valence-corrected chi connectivity index (χ0v) is 11.5. The Labute approximate surface area is 112 Å². The molecule has 6 nitrogen and oxygen atoms in total. The fraction of sp³-hybridized carbons (Fsp3) is 0.385. The number of hydrogen-bond donors (Lipinski definition) is 1. The number of anilines is 2. The molecule has 1 rings (SSSR count). The summed E-state index contributed by atoms with van der Waals surface area (Å²) in [5, 5.41) is 0. The first-order chi connectivity index (χ1) is 8.86. The number of nitrogens with two attached hydrogens (primary N) is 1. The third-order valence-corrected chi connectivity index (χ3v) is 2.54. The number of carbonyl (C=O) groups excluding carboxylic acids is 2. The maximum absolute atomic E-state index is 12.0. The minimum absolute atomic E-state index is 0.306. The molecule has 0 saturated carbocycles. The molecule has 1 atom stereocenters. The van der Waals surface area contributed by atoms with E-state index < -0.39 is 18.0 Å². The second-order valence-electron chi connectivity index (χ2n) is 4.24. The number of methoxy groups -OCH3 is 1. The van der Waals surface area contributed by atoms with Crippen LogP contribution in [0.3, 0.4) is 0 Å². The van der Waals surface area contributed by atoms with Crippen molar-refractivity contribution in [1.82, 2.24) is 0 Å². The quantitative estimate of drug-likeness (QED) is 0.648. The molecule has 2 N–H and O–H groups in total. The van der Waals surface area contributed by atoms with Gasteiger partial charge in [-0.25, -0.2) is 9.59 Å². The molecule has 0 aliphatic carbocycles. The Morgan fingerprint density at radius 2 is 1.95 bits per heavy atom. The first-order valence-electron chi connectivity index (χ1n) is 5.72. The Bertz CT molecular complexity index is 486. The highest BCUT2D eigenvalue weighted by Crippen LogP contribution is 2.22. The topological polar surface area (TPSA) is 81.9 Å². The van der Waals surface area contributed by atoms with Gasteiger partial charge in [0.05, 0.1) is 18.4 Å². The summed E-state index contributed by atoms with van der Waals surface area (Å²) in [5.74, 6) is -1.22. The first-order valence-corrected chi connectivity index (χ1v) is 5.72. The number of esters is 2. The lowest BCUT2D eigenvalue weighted by Crippen LogP contribution is -2.26. The second-order valence-corrected chi connectivity index (χ2v) is 4.24. The smallest absolute Gasteiger partial charge is 0.346 e. The lowest BCUT2D eigenvalue weighted by Gasteiger charge is -2.18. The van der Waals surface area contributed by atoms with Crippen molar-refractivity contribution >= 4 is 23.3 Å². The van der Waals surface area contributed by atoms with E-state index in [2.05, 4.69) is 4.74 Å². The summed E-state index contributed by atoms with van der Waals surface area (Å²) >= 11 is 0. The normalized spacial score (nSPS) is 11.6. The minimum Gasteiger partial charge on any atom is -0.466 e. The highest BCUT2D eigenvalue weighted by atomic mass is 16.6. The summed E-state index contributed by atoms with van der Waals surface area (Å²) in [4.78, 5) is 25.0. The zero-order chi connectivity index (χ0) is 14.6. The highest BCUT2D eigenvalue weighted by molar-refractivity contribution is 5.98. The molecular weight excluding hydrogens is 248 g/mol. The van der Waals surface area contributed by atoms with Crippen LogP contribution in [-0.2, 0) is 14.3 Å². The Morgan fingerprint density at radius 3 is 2.47 bits per heavy atom. The zero-order valence-electron chi connectivity index (χ0n) is 11.5. The average molecular weight is 266 g/mol. The van der Waals surface area contributed by atoms with E-state index in [1.54, 1.807) is 31.1 Å². The summed E-state index contributed by atoms with van der Waals surface area (Å²) in [6, 6.07) is 4.92. The molecule has 0 heterocycles. The van der Waals surface area contributed by atoms with E-state index in [-0.39, 0.29) is 0 Å². The van der Waals surface area contributed by atoms with Crippen LogP contribution in [0.5, 0.6) is 0 Å². The van der Waals surface area contributed by atoms with Gasteiger partial charge < -0.3 is 20.1 Å². The molecule has 1 aromatic carbocycles. The molecular formula is C13H18N2O4. The number of hydrogen-bond acceptors (Lipinski definition) is 6. The summed E-state index contributed by atoms with van der Waals surface area (Å²) in [5.41, 5.74) is 7.08. The number of nitrogens with zero attached hydrogens (tertiary/aromatic N) is 1. The van der Waals surface area contributed by atoms with Gasteiger partial charge in [-0.3, -0.25) is 0 Å². The largest absolute Gasteiger partial charge is 0.466 e. The molecule has 1 unspecified atom stereocenters. The second kappa shape index (κ2) is 6.08. The maximum Gasteiger partial charge on any atom is 0.346 e. The molecule has 0 radical (unpaired) electrons. The van der Waals surface area contributed by atoms with Gasteiger partial charge in [0.2, 0.25) is 0 Å². The van der Waals surface area contributed by atoms with Crippen LogP contribution in [0.1, 0.15) is 17.3 Å². The lowest BCUT2D eigenvalue weighted by atomic mass is 10.1. The number of nitrogen functional groups attached to an aromatic ring is 1. The van der Waals surface area contributed by atoms with Crippen molar-refractivity contribution in [2.24, 2.45) is 0 Å². The van der Waals surface area contributed by atoms with Gasteiger partial charge >= 0.3 is 11.9 Å². The molecule has 19 heavy (non-hydrogen) atoms. The monoisotopic (exact) mass is 266 g/mol. The molecule has 1 aromatic rings. The van der Waals surface area contributed by atoms with Crippen LogP contribution in [0.15, 0.2) is 18.2 Å². The van der Waals surface area contributed by atoms with Crippen LogP contribution in [-0.4, -0.2) is 39.2 Å². The van der Waals surface area contributed by atoms with Crippen molar-refractivity contribution in [3.8, 4) is 0 Å². The Balaban J connectivity index is 2.99. The molecule has 104 valence electrons. The van der Waals surface area contributed by atoms with Crippen LogP contribution in [0, 0.1) is 0 Å². The molecule has 0 bridgehead atoms. The molecule has 0 amide bonds. The van der Waals surface area contributed by atoms with Crippen molar-refractivity contribution in [3.63, 3.8) is 0 Å². The van der Waals surface area contributed by atoms with Crippen LogP contribution in [0.2, 0.25) is 0 Å². The van der Waals surface area contributed by atoms with Gasteiger partial charge in [0, 0.05) is 19.8 Å². The Kier molecular flexibility index (Phi) is 4.74. The molecule has 0 saturated heterocycles. The predicted molar refractivity (Wildman–Crippen MR) is 72.1 cm³/mol. The van der Waals surface area contributed by atoms with Crippen molar-refractivity contribution in [2.75, 3.05) is 31.8 Å². The summed E-state index contributed by atoms with van der Waals surface area (Å²) in [6.07, 6.45) is -0.964. The molecule has 0 spiro atoms. The summed E-state index contributed by atoms with van der Waals surface area (Å²) < 4.78 is 9.54. The van der Waals surface area contributed by atoms with E-state index in [9.17, 15) is 9.59 Å². The Morgan fingerprint density at radius 1 is 1.32 bits per heavy atom. The summed E-state index contributed by atoms with van der Waals surface area (Å²) in [7, 11) is 4.83. The van der Waals surface area contributed by atoms with Crippen LogP contribution < -0.4 is 10.6 Å². The lowest BCUT2D eigenvalue weighted by molar-refractivity contribution is -0.149. The number of ether oxygens (including phenoxy) is 2. The van der Waals surface area contributed by atoms with E-state index in [1.165, 1.54) is 20.1 Å². The highest BCUT2D eigenvalue weighted by Gasteiger charge is 2.22. The number of carbonyl (C=O) groups is 2. The van der Waals surface area contributed by atoms with Gasteiger partial charge in [0.1, 0.15) is 0 Å². The molecule has 0 fully saturated rings. The van der Waals surface area contributed by atoms with Crippen LogP contribution in [0.25, 0.3) is 0 Å². The van der Waals surface area contributed by atoms with Gasteiger partial charge in [-0.15, -0.1) is 0 Å². The molecule has 0 aromatic heterocycles. The minimum atomic E-state index is -0.964. The van der Waals surface area contributed by atoms with Crippen LogP contribution >= 0.6 is 0 Å². The predicted octanol–water partition coefficient (Wildman–Crippen LogP) is 1.05. The van der Waals surface area contributed by atoms with Gasteiger partial charge in [0.15, 0.2) is 6.10 Å². The fourth-order valence-corrected chi connectivity index (χ4v) is 1.55. The SMILES string of the molecule is COC(=O)C(C)OC(=O)c1cc(N)ccc1N(C)C. The van der Waals surface area contributed by atoms with Crippen LogP contribution in [0.4, 0.5) is 11.4 Å². The van der Waals surface area contributed by atoms with E-state index in [1.807, 2.05) is 0 Å². The van der Waals surface area contributed by atoms with Gasteiger partial charge in [-0.05, 0) is 25.1 Å². The molecule has 6 heteroatoms. The Hall–Kier alpha value is -2.24. The van der Waals surface area contributed by atoms with Crippen molar-refractivity contribution in [2.45, 2.75) is 13.0 Å². The van der Waals surface area contributed by atoms with E-state index in [4.69, 9.17) is 10.5 Å². The number of benzene rings is 1. The molecule has 0 aliphatic rings. The standard InChI is InChI=1S/C13H18N2O4/c1-8(12(16)18-4)19-13(17)10-7-9(14)5-6-11(10)15(2)3/h5-8H,14H2,1-4H3. The maximum atomic E-state index is 12.0. The third kappa shape index (κ3) is 3.61. The van der Waals surface area contributed by atoms with E-state index in [0.717, 1.165) is 0 Å². The fourth-order valence-electron chi connectivity index (χ4n) is 1.55. The van der Waals surface area contributed by atoms with E-state index >= 15 is 0 Å². The average Bonchev–Trinajstić information content (AvgIpc) is 2.36. The van der Waals surface area contributed by atoms with Crippen molar-refractivity contribution in [3.05, 3.63) is 23.8 Å². The van der Waals surface area contributed by atoms with Gasteiger partial charge in [0.25, 0.3) is 0 Å². The first kappa shape index (κ1) is 14.8. The van der Waals surface area contributed by atoms with E-state index in [0.29, 0.717) is 16.9 Å². The van der Waals surface area contributed by atoms with Crippen molar-refractivity contribution in [1.29, 1.82) is 0 Å². The third-order valence-electron chi connectivity index (χ3n) is 2.54. The van der Waals surface area contributed by atoms with Gasteiger partial charge in [-0.2, -0.15) is 0 Å². The number of rotatable bonds is 4. The van der Waals surface area contributed by atoms with Crippen molar-refractivity contribution < 1.29 is 19.1 Å². The summed E-state index contributed by atoms with van der Waals surface area (Å²) in [6.45, 7) is 1.45. The van der Waals surface area contributed by atoms with Gasteiger partial charge in [-0.1, -0.05) is 0 Å². The molecule has 0 aliphatic heterocycles.